The zero-order valence-electron chi connectivity index (χ0n) is 17.8. The Morgan fingerprint density at radius 3 is 2.10 bits per heavy atom. The highest BCUT2D eigenvalue weighted by molar-refractivity contribution is 9.10. The van der Waals surface area contributed by atoms with Crippen LogP contribution in [-0.4, -0.2) is 27.3 Å². The molecule has 0 amide bonds. The third kappa shape index (κ3) is 5.93. The topological polar surface area (TPSA) is 70.5 Å². The average molecular weight is 573 g/mol. The van der Waals surface area contributed by atoms with Crippen molar-refractivity contribution in [3.63, 3.8) is 0 Å². The molecule has 7 heteroatoms. The van der Waals surface area contributed by atoms with Crippen molar-refractivity contribution >= 4 is 55.4 Å². The van der Waals surface area contributed by atoms with E-state index in [4.69, 9.17) is 20.9 Å². The lowest BCUT2D eigenvalue weighted by atomic mass is 10.0. The molecule has 168 valence electrons. The highest BCUT2D eigenvalue weighted by Gasteiger charge is 2.18. The van der Waals surface area contributed by atoms with Crippen LogP contribution in [0.15, 0.2) is 45.4 Å². The summed E-state index contributed by atoms with van der Waals surface area (Å²) in [6.45, 7) is 1.30. The first-order valence-electron chi connectivity index (χ1n) is 10.0. The molecule has 2 aromatic rings. The van der Waals surface area contributed by atoms with Gasteiger partial charge in [0, 0.05) is 6.54 Å². The van der Waals surface area contributed by atoms with Crippen molar-refractivity contribution in [1.82, 2.24) is 0 Å². The average Bonchev–Trinajstić information content (AvgIpc) is 3.31. The monoisotopic (exact) mass is 570 g/mol. The minimum Gasteiger partial charge on any atom is -0.496 e. The van der Waals surface area contributed by atoms with Gasteiger partial charge in [-0.2, -0.15) is 0 Å². The lowest BCUT2D eigenvalue weighted by Crippen LogP contribution is -1.99. The molecule has 4 rings (SSSR count). The van der Waals surface area contributed by atoms with Crippen LogP contribution in [0.2, 0.25) is 0 Å². The normalized spacial score (nSPS) is 14.8. The summed E-state index contributed by atoms with van der Waals surface area (Å²) < 4.78 is 12.6. The maximum atomic E-state index is 5.58. The van der Waals surface area contributed by atoms with Crippen molar-refractivity contribution < 1.29 is 9.47 Å². The van der Waals surface area contributed by atoms with Gasteiger partial charge >= 0.3 is 0 Å². The molecule has 0 saturated heterocycles. The van der Waals surface area contributed by atoms with E-state index >= 15 is 0 Å². The van der Waals surface area contributed by atoms with Crippen LogP contribution in [0.25, 0.3) is 11.1 Å². The minimum absolute atomic E-state index is 0. The van der Waals surface area contributed by atoms with Crippen LogP contribution in [0.3, 0.4) is 0 Å². The summed E-state index contributed by atoms with van der Waals surface area (Å²) in [6.07, 6.45) is 8.49. The predicted molar refractivity (Wildman–Crippen MR) is 139 cm³/mol. The maximum absolute atomic E-state index is 5.58. The smallest absolute Gasteiger partial charge is 0.133 e. The molecule has 0 atom stereocenters. The Labute approximate surface area is 207 Å². The van der Waals surface area contributed by atoms with Crippen molar-refractivity contribution in [2.24, 2.45) is 11.5 Å². The van der Waals surface area contributed by atoms with Crippen LogP contribution >= 0.6 is 44.3 Å². The number of rotatable bonds is 5. The number of aryl methyl sites for hydroxylation is 1. The molecule has 2 aliphatic carbocycles. The van der Waals surface area contributed by atoms with Crippen LogP contribution < -0.4 is 20.9 Å². The van der Waals surface area contributed by atoms with Gasteiger partial charge in [-0.25, -0.2) is 0 Å². The maximum Gasteiger partial charge on any atom is 0.133 e. The number of methoxy groups -OCH3 is 2. The first-order chi connectivity index (χ1) is 14.5. The van der Waals surface area contributed by atoms with Gasteiger partial charge in [0.1, 0.15) is 11.5 Å². The molecular formula is C24H29Br2ClN2O2. The highest BCUT2D eigenvalue weighted by Crippen LogP contribution is 2.39. The summed E-state index contributed by atoms with van der Waals surface area (Å²) >= 11 is 7.00. The lowest BCUT2D eigenvalue weighted by molar-refractivity contribution is 0.412. The number of nitrogens with two attached hydrogens (primary N) is 2. The van der Waals surface area contributed by atoms with Crippen LogP contribution in [-0.2, 0) is 12.8 Å². The zero-order valence-corrected chi connectivity index (χ0v) is 21.8. The van der Waals surface area contributed by atoms with Crippen LogP contribution in [0.4, 0.5) is 0 Å². The molecule has 4 N–H and O–H groups in total. The molecule has 0 aromatic heterocycles. The number of allylic oxidation sites excluding steroid dienone is 2. The number of benzene rings is 2. The van der Waals surface area contributed by atoms with E-state index in [1.807, 2.05) is 0 Å². The first-order valence-corrected chi connectivity index (χ1v) is 11.6. The molecule has 2 aromatic carbocycles. The Morgan fingerprint density at radius 1 is 0.903 bits per heavy atom. The van der Waals surface area contributed by atoms with Crippen molar-refractivity contribution in [3.8, 4) is 11.5 Å². The Hall–Kier alpha value is -1.31. The Morgan fingerprint density at radius 2 is 1.52 bits per heavy atom. The molecule has 0 spiro atoms. The number of ether oxygens (including phenoxy) is 2. The molecule has 0 radical (unpaired) electrons. The van der Waals surface area contributed by atoms with Gasteiger partial charge in [0.25, 0.3) is 0 Å². The lowest BCUT2D eigenvalue weighted by Gasteiger charge is -2.09. The van der Waals surface area contributed by atoms with Gasteiger partial charge in [-0.1, -0.05) is 12.2 Å². The van der Waals surface area contributed by atoms with Crippen LogP contribution in [0.1, 0.15) is 35.1 Å². The fraction of sp³-hybridized carbons (Fsp3) is 0.333. The third-order valence-electron chi connectivity index (χ3n) is 5.46. The predicted octanol–water partition coefficient (Wildman–Crippen LogP) is 5.91. The van der Waals surface area contributed by atoms with Crippen molar-refractivity contribution in [2.45, 2.75) is 25.7 Å². The molecule has 0 heterocycles. The number of hydrogen-bond donors (Lipinski definition) is 2. The highest BCUT2D eigenvalue weighted by atomic mass is 79.9. The van der Waals surface area contributed by atoms with Gasteiger partial charge in [-0.15, -0.1) is 12.4 Å². The van der Waals surface area contributed by atoms with E-state index < -0.39 is 0 Å². The molecule has 0 aliphatic heterocycles. The second kappa shape index (κ2) is 12.1. The number of hydrogen-bond acceptors (Lipinski definition) is 4. The summed E-state index contributed by atoms with van der Waals surface area (Å²) in [4.78, 5) is 0. The van der Waals surface area contributed by atoms with Crippen LogP contribution in [0.5, 0.6) is 11.5 Å². The van der Waals surface area contributed by atoms with Gasteiger partial charge < -0.3 is 20.9 Å². The second-order valence-corrected chi connectivity index (χ2v) is 8.93. The largest absolute Gasteiger partial charge is 0.496 e. The molecule has 2 aliphatic rings. The third-order valence-corrected chi connectivity index (χ3v) is 6.70. The van der Waals surface area contributed by atoms with E-state index in [1.54, 1.807) is 14.2 Å². The molecule has 4 nitrogen and oxygen atoms in total. The summed E-state index contributed by atoms with van der Waals surface area (Å²) in [6, 6.07) is 8.46. The van der Waals surface area contributed by atoms with Crippen molar-refractivity contribution in [2.75, 3.05) is 27.3 Å². The number of fused-ring (bicyclic) bond motifs is 2. The van der Waals surface area contributed by atoms with E-state index in [2.05, 4.69) is 68.3 Å². The molecule has 0 fully saturated rings. The van der Waals surface area contributed by atoms with Crippen molar-refractivity contribution in [3.05, 3.63) is 67.6 Å². The number of halogens is 3. The Kier molecular flexibility index (Phi) is 10.1. The fourth-order valence-electron chi connectivity index (χ4n) is 3.97. The van der Waals surface area contributed by atoms with E-state index in [9.17, 15) is 0 Å². The van der Waals surface area contributed by atoms with Gasteiger partial charge in [0.2, 0.25) is 0 Å². The summed E-state index contributed by atoms with van der Waals surface area (Å²) in [5.41, 5.74) is 19.1. The summed E-state index contributed by atoms with van der Waals surface area (Å²) in [5, 5.41) is 0. The standard InChI is InChI=1S/2C12H14BrNO.ClH/c2*1-15-12-7-10-8(4-5-14)2-3-9(10)6-11(12)13;/h4,6-7H,2-3,5,14H2,1H3;2,6-7H,3-5,14H2,1H3;1H. The first kappa shape index (κ1) is 25.9. The van der Waals surface area contributed by atoms with Gasteiger partial charge in [-0.3, -0.25) is 0 Å². The zero-order chi connectivity index (χ0) is 21.7. The Balaban J connectivity index is 0.000000213. The quantitative estimate of drug-likeness (QED) is 0.467. The summed E-state index contributed by atoms with van der Waals surface area (Å²) in [7, 11) is 3.38. The van der Waals surface area contributed by atoms with E-state index in [0.717, 1.165) is 46.1 Å². The van der Waals surface area contributed by atoms with Crippen molar-refractivity contribution in [1.29, 1.82) is 0 Å². The molecule has 31 heavy (non-hydrogen) atoms. The summed E-state index contributed by atoms with van der Waals surface area (Å²) in [5.74, 6) is 1.78. The fourth-order valence-corrected chi connectivity index (χ4v) is 5.07. The molecular weight excluding hydrogens is 544 g/mol. The van der Waals surface area contributed by atoms with Gasteiger partial charge in [0.15, 0.2) is 0 Å². The molecule has 0 unspecified atom stereocenters. The Bertz CT molecular complexity index is 990. The van der Waals surface area contributed by atoms with Gasteiger partial charge in [0.05, 0.1) is 23.2 Å². The second-order valence-electron chi connectivity index (χ2n) is 7.23. The van der Waals surface area contributed by atoms with Gasteiger partial charge in [-0.05, 0) is 122 Å². The minimum atomic E-state index is 0. The van der Waals surface area contributed by atoms with E-state index in [1.165, 1.54) is 33.4 Å². The van der Waals surface area contributed by atoms with Crippen LogP contribution in [0, 0.1) is 0 Å². The van der Waals surface area contributed by atoms with E-state index in [0.29, 0.717) is 13.1 Å². The molecule has 0 saturated carbocycles. The SMILES string of the molecule is COc1cc2c(cc1Br)CC=C2CCN.COc1cc2c(cc1Br)CCC2=CCN.Cl. The van der Waals surface area contributed by atoms with E-state index in [-0.39, 0.29) is 12.4 Å². The molecule has 0 bridgehead atoms.